The minimum atomic E-state index is 0.171. The summed E-state index contributed by atoms with van der Waals surface area (Å²) in [4.78, 5) is 11.1. The van der Waals surface area contributed by atoms with Gasteiger partial charge in [0.25, 0.3) is 0 Å². The van der Waals surface area contributed by atoms with Crippen LogP contribution in [0.5, 0.6) is 0 Å². The van der Waals surface area contributed by atoms with Crippen molar-refractivity contribution in [1.82, 2.24) is 0 Å². The Bertz CT molecular complexity index is 321. The van der Waals surface area contributed by atoms with Crippen LogP contribution >= 0.6 is 23.2 Å². The summed E-state index contributed by atoms with van der Waals surface area (Å²) < 4.78 is 0. The van der Waals surface area contributed by atoms with Gasteiger partial charge in [0.15, 0.2) is 0 Å². The first-order valence-electron chi connectivity index (χ1n) is 4.09. The Balaban J connectivity index is 2.89. The Kier molecular flexibility index (Phi) is 3.76. The van der Waals surface area contributed by atoms with Crippen LogP contribution in [0.3, 0.4) is 0 Å². The molecule has 0 amide bonds. The van der Waals surface area contributed by atoms with Crippen LogP contribution in [0, 0.1) is 0 Å². The van der Waals surface area contributed by atoms with E-state index in [2.05, 4.69) is 0 Å². The van der Waals surface area contributed by atoms with Gasteiger partial charge in [0, 0.05) is 12.8 Å². The van der Waals surface area contributed by atoms with E-state index in [9.17, 15) is 4.79 Å². The van der Waals surface area contributed by atoms with Crippen molar-refractivity contribution in [3.63, 3.8) is 0 Å². The van der Waals surface area contributed by atoms with Crippen LogP contribution in [0.2, 0.25) is 10.0 Å². The monoisotopic (exact) mass is 216 g/mol. The smallest absolute Gasteiger partial charge is 0.137 e. The molecule has 0 spiro atoms. The van der Waals surface area contributed by atoms with Crippen molar-refractivity contribution in [3.05, 3.63) is 33.8 Å². The van der Waals surface area contributed by atoms with Crippen LogP contribution in [0.15, 0.2) is 18.2 Å². The maximum absolute atomic E-state index is 11.1. The molecule has 0 N–H and O–H groups in total. The molecule has 1 rings (SSSR count). The van der Waals surface area contributed by atoms with Gasteiger partial charge in [-0.2, -0.15) is 0 Å². The number of Topliss-reactive ketones (excluding diaryl/α,β-unsaturated/α-hetero) is 1. The first-order valence-corrected chi connectivity index (χ1v) is 4.85. The van der Waals surface area contributed by atoms with Gasteiger partial charge < -0.3 is 0 Å². The lowest BCUT2D eigenvalue weighted by Crippen LogP contribution is -2.00. The lowest BCUT2D eigenvalue weighted by Gasteiger charge is -2.03. The number of carbonyl (C=O) groups is 1. The molecule has 0 aliphatic carbocycles. The summed E-state index contributed by atoms with van der Waals surface area (Å²) in [5.74, 6) is 0.171. The van der Waals surface area contributed by atoms with Crippen LogP contribution < -0.4 is 0 Å². The third kappa shape index (κ3) is 2.71. The molecule has 0 radical (unpaired) electrons. The lowest BCUT2D eigenvalue weighted by molar-refractivity contribution is -0.118. The van der Waals surface area contributed by atoms with Crippen molar-refractivity contribution in [2.45, 2.75) is 19.8 Å². The number of carbonyl (C=O) groups excluding carboxylic acids is 1. The molecule has 1 nitrogen and oxygen atoms in total. The van der Waals surface area contributed by atoms with Gasteiger partial charge in [0.2, 0.25) is 0 Å². The van der Waals surface area contributed by atoms with Gasteiger partial charge in [-0.05, 0) is 11.6 Å². The summed E-state index contributed by atoms with van der Waals surface area (Å²) in [6.07, 6.45) is 0.902. The van der Waals surface area contributed by atoms with E-state index in [1.165, 1.54) is 0 Å². The maximum Gasteiger partial charge on any atom is 0.137 e. The topological polar surface area (TPSA) is 17.1 Å². The number of rotatable bonds is 3. The summed E-state index contributed by atoms with van der Waals surface area (Å²) in [6, 6.07) is 5.33. The number of halogens is 2. The number of hydrogen-bond donors (Lipinski definition) is 0. The molecule has 13 heavy (non-hydrogen) atoms. The van der Waals surface area contributed by atoms with Crippen molar-refractivity contribution in [3.8, 4) is 0 Å². The molecule has 0 unspecified atom stereocenters. The van der Waals surface area contributed by atoms with Gasteiger partial charge in [-0.15, -0.1) is 0 Å². The summed E-state index contributed by atoms with van der Waals surface area (Å²) in [6.45, 7) is 1.83. The van der Waals surface area contributed by atoms with Crippen molar-refractivity contribution >= 4 is 29.0 Å². The molecular formula is C10H10Cl2O. The average Bonchev–Trinajstić information content (AvgIpc) is 2.13. The molecule has 0 atom stereocenters. The van der Waals surface area contributed by atoms with Gasteiger partial charge in [0.1, 0.15) is 5.78 Å². The normalized spacial score (nSPS) is 10.1. The molecular weight excluding hydrogens is 207 g/mol. The molecule has 0 fully saturated rings. The molecule has 1 aromatic carbocycles. The van der Waals surface area contributed by atoms with Gasteiger partial charge in [-0.1, -0.05) is 42.3 Å². The van der Waals surface area contributed by atoms with Crippen molar-refractivity contribution < 1.29 is 4.79 Å². The zero-order valence-corrected chi connectivity index (χ0v) is 8.82. The van der Waals surface area contributed by atoms with E-state index in [0.29, 0.717) is 22.9 Å². The predicted molar refractivity (Wildman–Crippen MR) is 55.5 cm³/mol. The van der Waals surface area contributed by atoms with Gasteiger partial charge >= 0.3 is 0 Å². The SMILES string of the molecule is CCC(=O)Cc1cccc(Cl)c1Cl. The Morgan fingerprint density at radius 1 is 1.38 bits per heavy atom. The predicted octanol–water partition coefficient (Wildman–Crippen LogP) is 3.52. The van der Waals surface area contributed by atoms with Crippen molar-refractivity contribution in [1.29, 1.82) is 0 Å². The van der Waals surface area contributed by atoms with E-state index in [0.717, 1.165) is 5.56 Å². The second kappa shape index (κ2) is 4.64. The summed E-state index contributed by atoms with van der Waals surface area (Å²) in [7, 11) is 0. The molecule has 1 aromatic rings. The van der Waals surface area contributed by atoms with Crippen LogP contribution in [0.1, 0.15) is 18.9 Å². The summed E-state index contributed by atoms with van der Waals surface area (Å²) >= 11 is 11.7. The Labute approximate surface area is 87.7 Å². The fourth-order valence-electron chi connectivity index (χ4n) is 1.02. The minimum Gasteiger partial charge on any atom is -0.299 e. The largest absolute Gasteiger partial charge is 0.299 e. The van der Waals surface area contributed by atoms with Crippen LogP contribution in [-0.2, 0) is 11.2 Å². The number of benzene rings is 1. The lowest BCUT2D eigenvalue weighted by atomic mass is 10.1. The molecule has 0 saturated carbocycles. The average molecular weight is 217 g/mol. The first kappa shape index (κ1) is 10.6. The molecule has 3 heteroatoms. The van der Waals surface area contributed by atoms with Gasteiger partial charge in [-0.25, -0.2) is 0 Å². The Morgan fingerprint density at radius 3 is 2.69 bits per heavy atom. The Hall–Kier alpha value is -0.530. The second-order valence-electron chi connectivity index (χ2n) is 2.78. The molecule has 0 aromatic heterocycles. The highest BCUT2D eigenvalue weighted by atomic mass is 35.5. The van der Waals surface area contributed by atoms with Gasteiger partial charge in [-0.3, -0.25) is 4.79 Å². The van der Waals surface area contributed by atoms with E-state index in [1.807, 2.05) is 13.0 Å². The zero-order chi connectivity index (χ0) is 9.84. The third-order valence-corrected chi connectivity index (χ3v) is 2.67. The van der Waals surface area contributed by atoms with Crippen molar-refractivity contribution in [2.24, 2.45) is 0 Å². The van der Waals surface area contributed by atoms with E-state index < -0.39 is 0 Å². The highest BCUT2D eigenvalue weighted by Gasteiger charge is 2.07. The maximum atomic E-state index is 11.1. The fraction of sp³-hybridized carbons (Fsp3) is 0.300. The number of ketones is 1. The Morgan fingerprint density at radius 2 is 2.08 bits per heavy atom. The first-order chi connectivity index (χ1) is 6.15. The van der Waals surface area contributed by atoms with Crippen LogP contribution in [-0.4, -0.2) is 5.78 Å². The molecule has 0 aliphatic rings. The van der Waals surface area contributed by atoms with E-state index >= 15 is 0 Å². The van der Waals surface area contributed by atoms with Crippen LogP contribution in [0.4, 0.5) is 0 Å². The van der Waals surface area contributed by atoms with E-state index in [1.54, 1.807) is 12.1 Å². The van der Waals surface area contributed by atoms with E-state index in [4.69, 9.17) is 23.2 Å². The third-order valence-electron chi connectivity index (χ3n) is 1.81. The molecule has 70 valence electrons. The minimum absolute atomic E-state index is 0.171. The fourth-order valence-corrected chi connectivity index (χ4v) is 1.41. The van der Waals surface area contributed by atoms with Gasteiger partial charge in [0.05, 0.1) is 10.0 Å². The van der Waals surface area contributed by atoms with E-state index in [-0.39, 0.29) is 5.78 Å². The molecule has 0 aliphatic heterocycles. The standard InChI is InChI=1S/C10H10Cl2O/c1-2-8(13)6-7-4-3-5-9(11)10(7)12/h3-5H,2,6H2,1H3. The highest BCUT2D eigenvalue weighted by molar-refractivity contribution is 6.42. The number of hydrogen-bond acceptors (Lipinski definition) is 1. The second-order valence-corrected chi connectivity index (χ2v) is 3.57. The van der Waals surface area contributed by atoms with Crippen molar-refractivity contribution in [2.75, 3.05) is 0 Å². The van der Waals surface area contributed by atoms with Crippen LogP contribution in [0.25, 0.3) is 0 Å². The molecule has 0 saturated heterocycles. The molecule has 0 heterocycles. The summed E-state index contributed by atoms with van der Waals surface area (Å²) in [5, 5.41) is 0.994. The highest BCUT2D eigenvalue weighted by Crippen LogP contribution is 2.25. The summed E-state index contributed by atoms with van der Waals surface area (Å²) in [5.41, 5.74) is 0.806. The zero-order valence-electron chi connectivity index (χ0n) is 7.31. The quantitative estimate of drug-likeness (QED) is 0.756. The molecule has 0 bridgehead atoms.